The maximum Gasteiger partial charge on any atom is 0.573 e. The van der Waals surface area contributed by atoms with Gasteiger partial charge >= 0.3 is 6.36 Å². The third-order valence-electron chi connectivity index (χ3n) is 4.75. The molecule has 2 fully saturated rings. The van der Waals surface area contributed by atoms with Crippen molar-refractivity contribution < 1.29 is 22.7 Å². The maximum atomic E-state index is 12.7. The van der Waals surface area contributed by atoms with E-state index < -0.39 is 6.36 Å². The number of ether oxygens (including phenoxy) is 1. The largest absolute Gasteiger partial charge is 0.573 e. The van der Waals surface area contributed by atoms with E-state index >= 15 is 0 Å². The molecule has 0 saturated carbocycles. The highest BCUT2D eigenvalue weighted by molar-refractivity contribution is 6.05. The molecule has 9 heteroatoms. The van der Waals surface area contributed by atoms with Crippen LogP contribution in [0.4, 0.5) is 13.2 Å². The van der Waals surface area contributed by atoms with Gasteiger partial charge in [-0.05, 0) is 25.6 Å². The normalized spacial score (nSPS) is 24.1. The molecule has 0 spiro atoms. The van der Waals surface area contributed by atoms with Crippen molar-refractivity contribution >= 4 is 16.8 Å². The second kappa shape index (κ2) is 5.10. The van der Waals surface area contributed by atoms with Gasteiger partial charge in [0.15, 0.2) is 5.69 Å². The second-order valence-corrected chi connectivity index (χ2v) is 6.27. The van der Waals surface area contributed by atoms with Crippen molar-refractivity contribution in [1.29, 1.82) is 0 Å². The van der Waals surface area contributed by atoms with Gasteiger partial charge in [0.1, 0.15) is 5.75 Å². The molecule has 128 valence electrons. The number of amides is 1. The number of aromatic amines is 1. The Labute approximate surface area is 135 Å². The van der Waals surface area contributed by atoms with E-state index in [-0.39, 0.29) is 23.4 Å². The van der Waals surface area contributed by atoms with E-state index in [1.54, 1.807) is 4.90 Å². The van der Waals surface area contributed by atoms with Gasteiger partial charge in [-0.1, -0.05) is 0 Å². The van der Waals surface area contributed by atoms with Gasteiger partial charge in [0.2, 0.25) is 0 Å². The molecule has 3 heterocycles. The Morgan fingerprint density at radius 2 is 2.12 bits per heavy atom. The zero-order chi connectivity index (χ0) is 17.1. The van der Waals surface area contributed by atoms with Crippen LogP contribution >= 0.6 is 0 Å². The highest BCUT2D eigenvalue weighted by Gasteiger charge is 2.44. The Morgan fingerprint density at radius 3 is 2.75 bits per heavy atom. The SMILES string of the molecule is CN1CC2CC1CN2C(=O)c1n[nH]c2cc(OC(F)(F)F)ccc12. The molecule has 2 saturated heterocycles. The van der Waals surface area contributed by atoms with Gasteiger partial charge < -0.3 is 9.64 Å². The van der Waals surface area contributed by atoms with Crippen molar-refractivity contribution in [3.63, 3.8) is 0 Å². The monoisotopic (exact) mass is 340 g/mol. The number of piperazine rings is 1. The highest BCUT2D eigenvalue weighted by Crippen LogP contribution is 2.32. The third-order valence-corrected chi connectivity index (χ3v) is 4.75. The molecule has 2 aliphatic heterocycles. The number of likely N-dealkylation sites (tertiary alicyclic amines) is 2. The number of carbonyl (C=O) groups excluding carboxylic acids is 1. The molecule has 1 aromatic heterocycles. The predicted octanol–water partition coefficient (Wildman–Crippen LogP) is 1.99. The molecule has 2 atom stereocenters. The standard InChI is InChI=1S/C15H15F3N4O2/c1-21-6-9-4-8(21)7-22(9)14(23)13-11-3-2-10(24-15(16,17)18)5-12(11)19-20-13/h2-3,5,8-9H,4,6-7H2,1H3,(H,19,20). The lowest BCUT2D eigenvalue weighted by molar-refractivity contribution is -0.274. The number of hydrogen-bond acceptors (Lipinski definition) is 4. The number of rotatable bonds is 2. The summed E-state index contributed by atoms with van der Waals surface area (Å²) in [5, 5.41) is 7.12. The summed E-state index contributed by atoms with van der Waals surface area (Å²) in [6.45, 7) is 1.49. The minimum Gasteiger partial charge on any atom is -0.406 e. The molecular weight excluding hydrogens is 325 g/mol. The van der Waals surface area contributed by atoms with Crippen LogP contribution in [0.1, 0.15) is 16.9 Å². The smallest absolute Gasteiger partial charge is 0.406 e. The predicted molar refractivity (Wildman–Crippen MR) is 78.6 cm³/mol. The van der Waals surface area contributed by atoms with Crippen molar-refractivity contribution in [3.8, 4) is 5.75 Å². The number of alkyl halides is 3. The molecule has 1 aromatic carbocycles. The molecule has 4 rings (SSSR count). The molecule has 1 N–H and O–H groups in total. The Morgan fingerprint density at radius 1 is 1.33 bits per heavy atom. The Balaban J connectivity index is 1.60. The quantitative estimate of drug-likeness (QED) is 0.908. The Hall–Kier alpha value is -2.29. The zero-order valence-corrected chi connectivity index (χ0v) is 12.8. The van der Waals surface area contributed by atoms with Crippen molar-refractivity contribution in [3.05, 3.63) is 23.9 Å². The number of nitrogens with one attached hydrogen (secondary N) is 1. The van der Waals surface area contributed by atoms with Crippen molar-refractivity contribution in [1.82, 2.24) is 20.0 Å². The first-order chi connectivity index (χ1) is 11.3. The summed E-state index contributed by atoms with van der Waals surface area (Å²) in [5.41, 5.74) is 0.570. The molecule has 2 aliphatic rings. The van der Waals surface area contributed by atoms with E-state index in [2.05, 4.69) is 19.8 Å². The molecule has 0 radical (unpaired) electrons. The molecule has 2 bridgehead atoms. The summed E-state index contributed by atoms with van der Waals surface area (Å²) < 4.78 is 40.7. The van der Waals surface area contributed by atoms with Crippen LogP contribution in [0.25, 0.3) is 10.9 Å². The maximum absolute atomic E-state index is 12.7. The van der Waals surface area contributed by atoms with E-state index in [1.807, 2.05) is 7.05 Å². The summed E-state index contributed by atoms with van der Waals surface area (Å²) >= 11 is 0. The lowest BCUT2D eigenvalue weighted by atomic mass is 10.1. The van der Waals surface area contributed by atoms with E-state index in [0.717, 1.165) is 13.0 Å². The van der Waals surface area contributed by atoms with Crippen LogP contribution in [0.3, 0.4) is 0 Å². The number of nitrogens with zero attached hydrogens (tertiary/aromatic N) is 3. The van der Waals surface area contributed by atoms with Gasteiger partial charge in [-0.3, -0.25) is 14.8 Å². The number of carbonyl (C=O) groups is 1. The molecule has 2 aromatic rings. The Bertz CT molecular complexity index is 802. The van der Waals surface area contributed by atoms with Crippen LogP contribution in [0.15, 0.2) is 18.2 Å². The van der Waals surface area contributed by atoms with E-state index in [9.17, 15) is 18.0 Å². The number of H-pyrrole nitrogens is 1. The fraction of sp³-hybridized carbons (Fsp3) is 0.467. The molecule has 1 amide bonds. The molecule has 6 nitrogen and oxygen atoms in total. The van der Waals surface area contributed by atoms with Crippen molar-refractivity contribution in [2.75, 3.05) is 20.1 Å². The molecular formula is C15H15F3N4O2. The number of aromatic nitrogens is 2. The first-order valence-corrected chi connectivity index (χ1v) is 7.57. The lowest BCUT2D eigenvalue weighted by Gasteiger charge is -2.31. The summed E-state index contributed by atoms with van der Waals surface area (Å²) in [6.07, 6.45) is -3.80. The van der Waals surface area contributed by atoms with Gasteiger partial charge in [-0.25, -0.2) is 0 Å². The molecule has 24 heavy (non-hydrogen) atoms. The minimum absolute atomic E-state index is 0.173. The summed E-state index contributed by atoms with van der Waals surface area (Å²) in [7, 11) is 2.04. The number of halogens is 3. The third kappa shape index (κ3) is 2.48. The van der Waals surface area contributed by atoms with Crippen LogP contribution in [-0.4, -0.2) is 64.5 Å². The number of likely N-dealkylation sites (N-methyl/N-ethyl adjacent to an activating group) is 1. The van der Waals surface area contributed by atoms with Crippen LogP contribution < -0.4 is 4.74 Å². The summed E-state index contributed by atoms with van der Waals surface area (Å²) in [5.74, 6) is -0.536. The van der Waals surface area contributed by atoms with Gasteiger partial charge in [-0.15, -0.1) is 13.2 Å². The van der Waals surface area contributed by atoms with E-state index in [0.29, 0.717) is 23.5 Å². The minimum atomic E-state index is -4.76. The average molecular weight is 340 g/mol. The molecule has 2 unspecified atom stereocenters. The first kappa shape index (κ1) is 15.3. The average Bonchev–Trinajstić information content (AvgIpc) is 3.17. The topological polar surface area (TPSA) is 61.5 Å². The van der Waals surface area contributed by atoms with Gasteiger partial charge in [0, 0.05) is 36.6 Å². The fourth-order valence-electron chi connectivity index (χ4n) is 3.61. The van der Waals surface area contributed by atoms with E-state index in [4.69, 9.17) is 0 Å². The van der Waals surface area contributed by atoms with Gasteiger partial charge in [0.25, 0.3) is 5.91 Å². The lowest BCUT2D eigenvalue weighted by Crippen LogP contribution is -2.47. The number of hydrogen-bond donors (Lipinski definition) is 1. The van der Waals surface area contributed by atoms with Gasteiger partial charge in [0.05, 0.1) is 5.52 Å². The zero-order valence-electron chi connectivity index (χ0n) is 12.8. The molecule has 0 aliphatic carbocycles. The first-order valence-electron chi connectivity index (χ1n) is 7.57. The fourth-order valence-corrected chi connectivity index (χ4v) is 3.61. The highest BCUT2D eigenvalue weighted by atomic mass is 19.4. The number of benzene rings is 1. The van der Waals surface area contributed by atoms with E-state index in [1.165, 1.54) is 18.2 Å². The van der Waals surface area contributed by atoms with Crippen molar-refractivity contribution in [2.45, 2.75) is 24.9 Å². The summed E-state index contributed by atoms with van der Waals surface area (Å²) in [4.78, 5) is 16.8. The van der Waals surface area contributed by atoms with Crippen LogP contribution in [0, 0.1) is 0 Å². The van der Waals surface area contributed by atoms with Crippen LogP contribution in [0.5, 0.6) is 5.75 Å². The van der Waals surface area contributed by atoms with Crippen molar-refractivity contribution in [2.24, 2.45) is 0 Å². The summed E-state index contributed by atoms with van der Waals surface area (Å²) in [6, 6.07) is 4.35. The van der Waals surface area contributed by atoms with Crippen LogP contribution in [-0.2, 0) is 0 Å². The van der Waals surface area contributed by atoms with Crippen LogP contribution in [0.2, 0.25) is 0 Å². The second-order valence-electron chi connectivity index (χ2n) is 6.27. The number of fused-ring (bicyclic) bond motifs is 3. The van der Waals surface area contributed by atoms with Gasteiger partial charge in [-0.2, -0.15) is 5.10 Å². The Kier molecular flexibility index (Phi) is 3.24.